The summed E-state index contributed by atoms with van der Waals surface area (Å²) in [6, 6.07) is 5.86. The molecule has 0 aromatic carbocycles. The van der Waals surface area contributed by atoms with Crippen molar-refractivity contribution in [3.8, 4) is 0 Å². The third kappa shape index (κ3) is 12.0. The van der Waals surface area contributed by atoms with Crippen molar-refractivity contribution in [2.24, 2.45) is 0 Å². The molecule has 1 aliphatic rings. The van der Waals surface area contributed by atoms with Gasteiger partial charge in [-0.15, -0.1) is 23.1 Å². The van der Waals surface area contributed by atoms with Gasteiger partial charge in [-0.3, -0.25) is 14.1 Å². The molecule has 3 N–H and O–H groups in total. The lowest BCUT2D eigenvalue weighted by Gasteiger charge is -2.22. The maximum atomic E-state index is 12.4. The van der Waals surface area contributed by atoms with E-state index in [1.807, 2.05) is 29.2 Å². The Kier molecular flexibility index (Phi) is 13.2. The average Bonchev–Trinajstić information content (AvgIpc) is 3.51. The average molecular weight is 615 g/mol. The van der Waals surface area contributed by atoms with E-state index in [2.05, 4.69) is 15.3 Å². The first kappa shape index (κ1) is 31.6. The van der Waals surface area contributed by atoms with Gasteiger partial charge in [0.15, 0.2) is 4.34 Å². The number of aliphatic hydroxyl groups excluding tert-OH is 1. The van der Waals surface area contributed by atoms with E-state index in [0.717, 1.165) is 36.5 Å². The van der Waals surface area contributed by atoms with E-state index < -0.39 is 27.9 Å². The maximum Gasteiger partial charge on any atom is 0.270 e. The number of carbonyl (C=O) groups is 2. The van der Waals surface area contributed by atoms with Gasteiger partial charge in [-0.2, -0.15) is 8.42 Å². The summed E-state index contributed by atoms with van der Waals surface area (Å²) in [5, 5.41) is 15.4. The summed E-state index contributed by atoms with van der Waals surface area (Å²) in [4.78, 5) is 34.8. The highest BCUT2D eigenvalue weighted by Gasteiger charge is 2.28. The summed E-state index contributed by atoms with van der Waals surface area (Å²) in [5.74, 6) is 0.624. The van der Waals surface area contributed by atoms with Gasteiger partial charge in [0.25, 0.3) is 16.0 Å². The Hall–Kier alpha value is -1.97. The molecule has 10 nitrogen and oxygen atoms in total. The van der Waals surface area contributed by atoms with Gasteiger partial charge in [0.05, 0.1) is 22.9 Å². The predicted molar refractivity (Wildman–Crippen MR) is 155 cm³/mol. The quantitative estimate of drug-likeness (QED) is 0.105. The number of aliphatic hydroxyl groups is 1. The minimum absolute atomic E-state index is 0.0389. The van der Waals surface area contributed by atoms with Crippen molar-refractivity contribution in [1.29, 1.82) is 0 Å². The van der Waals surface area contributed by atoms with Gasteiger partial charge in [0.2, 0.25) is 5.91 Å². The Labute approximate surface area is 241 Å². The van der Waals surface area contributed by atoms with Crippen LogP contribution in [0, 0.1) is 0 Å². The molecule has 0 unspecified atom stereocenters. The van der Waals surface area contributed by atoms with Gasteiger partial charge in [0, 0.05) is 36.8 Å². The van der Waals surface area contributed by atoms with Gasteiger partial charge >= 0.3 is 0 Å². The van der Waals surface area contributed by atoms with Crippen molar-refractivity contribution in [2.75, 3.05) is 30.3 Å². The van der Waals surface area contributed by atoms with Crippen molar-refractivity contribution < 1.29 is 27.7 Å². The molecule has 3 rings (SSSR count). The van der Waals surface area contributed by atoms with Crippen LogP contribution in [-0.4, -0.2) is 87.3 Å². The van der Waals surface area contributed by atoms with Crippen LogP contribution in [0.5, 0.6) is 0 Å². The number of nitrogens with zero attached hydrogens (tertiary/aromatic N) is 3. The number of carbonyl (C=O) groups excluding carboxylic acids is 2. The highest BCUT2D eigenvalue weighted by Crippen LogP contribution is 2.25. The molecule has 1 saturated heterocycles. The number of rotatable bonds is 17. The lowest BCUT2D eigenvalue weighted by Crippen LogP contribution is -2.33. The number of unbranched alkanes of at least 4 members (excludes halogenated alkanes) is 2. The van der Waals surface area contributed by atoms with E-state index in [9.17, 15) is 23.1 Å². The van der Waals surface area contributed by atoms with Crippen LogP contribution in [0.3, 0.4) is 0 Å². The second-order valence-corrected chi connectivity index (χ2v) is 13.8. The lowest BCUT2D eigenvalue weighted by molar-refractivity contribution is -0.128. The molecule has 39 heavy (non-hydrogen) atoms. The first-order valence-corrected chi connectivity index (χ1v) is 17.2. The molecule has 3 heterocycles. The van der Waals surface area contributed by atoms with E-state index in [-0.39, 0.29) is 24.2 Å². The number of thiazole rings is 1. The molecule has 0 spiro atoms. The molecule has 2 aromatic rings. The molecule has 0 bridgehead atoms. The van der Waals surface area contributed by atoms with Gasteiger partial charge < -0.3 is 15.3 Å². The van der Waals surface area contributed by atoms with E-state index in [1.54, 1.807) is 29.4 Å². The zero-order chi connectivity index (χ0) is 28.1. The van der Waals surface area contributed by atoms with Crippen LogP contribution >= 0.6 is 34.9 Å². The van der Waals surface area contributed by atoms with Crippen molar-refractivity contribution in [3.63, 3.8) is 0 Å². The number of nitrogens with one attached hydrogen (secondary N) is 1. The fourth-order valence-corrected chi connectivity index (χ4v) is 6.93. The predicted octanol–water partition coefficient (Wildman–Crippen LogP) is 3.51. The normalized spacial score (nSPS) is 16.7. The minimum atomic E-state index is -4.14. The molecule has 2 amide bonds. The molecule has 2 atom stereocenters. The van der Waals surface area contributed by atoms with Crippen LogP contribution in [0.25, 0.3) is 0 Å². The zero-order valence-corrected chi connectivity index (χ0v) is 24.7. The van der Waals surface area contributed by atoms with Gasteiger partial charge in [0.1, 0.15) is 5.69 Å². The standard InChI is InChI=1S/C25H34N4O6S4/c30-20(6-2-1-5-15-36-22-7-3-4-12-26-22)10-8-19-9-11-23(31)29(19)14-16-37-25-28-21(18-38-25)24(32)27-13-17-39(33,34)35/h3-4,7-8,10,12,18-20,30H,1-2,5-6,9,11,13-17H2,(H,27,32)(H,33,34,35)/b10-8+/t19-,20-/m0/s1. The minimum Gasteiger partial charge on any atom is -0.389 e. The van der Waals surface area contributed by atoms with Crippen LogP contribution in [0.1, 0.15) is 49.0 Å². The SMILES string of the molecule is O=C(NCCS(=O)(=O)O)c1csc(SCCN2C(=O)CC[C@@H]2/C=C/[C@@H](O)CCCCCSc2ccccn2)n1. The zero-order valence-electron chi connectivity index (χ0n) is 21.5. The van der Waals surface area contributed by atoms with Crippen molar-refractivity contribution >= 4 is 56.8 Å². The molecule has 0 saturated carbocycles. The Balaban J connectivity index is 1.33. The second kappa shape index (κ2) is 16.3. The Morgan fingerprint density at radius 3 is 2.87 bits per heavy atom. The number of pyridine rings is 1. The lowest BCUT2D eigenvalue weighted by atomic mass is 10.1. The summed E-state index contributed by atoms with van der Waals surface area (Å²) in [6.45, 7) is 0.322. The van der Waals surface area contributed by atoms with E-state index in [0.29, 0.717) is 29.5 Å². The summed E-state index contributed by atoms with van der Waals surface area (Å²) in [6.07, 6.45) is 9.96. The molecule has 0 radical (unpaired) electrons. The maximum absolute atomic E-state index is 12.4. The molecular formula is C25H34N4O6S4. The summed E-state index contributed by atoms with van der Waals surface area (Å²) in [7, 11) is -4.14. The monoisotopic (exact) mass is 614 g/mol. The number of likely N-dealkylation sites (tertiary alicyclic amines) is 1. The van der Waals surface area contributed by atoms with Gasteiger partial charge in [-0.25, -0.2) is 9.97 Å². The Morgan fingerprint density at radius 2 is 2.10 bits per heavy atom. The summed E-state index contributed by atoms with van der Waals surface area (Å²) < 4.78 is 30.9. The highest BCUT2D eigenvalue weighted by molar-refractivity contribution is 8.01. The molecule has 1 aliphatic heterocycles. The van der Waals surface area contributed by atoms with Crippen molar-refractivity contribution in [3.05, 3.63) is 47.6 Å². The topological polar surface area (TPSA) is 150 Å². The van der Waals surface area contributed by atoms with Crippen molar-refractivity contribution in [1.82, 2.24) is 20.2 Å². The van der Waals surface area contributed by atoms with Crippen LogP contribution < -0.4 is 5.32 Å². The third-order valence-electron chi connectivity index (χ3n) is 5.88. The van der Waals surface area contributed by atoms with Crippen LogP contribution in [0.2, 0.25) is 0 Å². The van der Waals surface area contributed by atoms with Crippen LogP contribution in [0.15, 0.2) is 51.3 Å². The fourth-order valence-electron chi connectivity index (χ4n) is 3.88. The Bertz CT molecular complexity index is 1190. The largest absolute Gasteiger partial charge is 0.389 e. The third-order valence-corrected chi connectivity index (χ3v) is 9.63. The van der Waals surface area contributed by atoms with E-state index in [4.69, 9.17) is 4.55 Å². The first-order chi connectivity index (χ1) is 18.7. The number of hydrogen-bond donors (Lipinski definition) is 3. The van der Waals surface area contributed by atoms with Gasteiger partial charge in [-0.1, -0.05) is 42.8 Å². The van der Waals surface area contributed by atoms with Crippen LogP contribution in [0.4, 0.5) is 0 Å². The number of thioether (sulfide) groups is 2. The van der Waals surface area contributed by atoms with Crippen LogP contribution in [-0.2, 0) is 14.9 Å². The second-order valence-electron chi connectivity index (χ2n) is 8.90. The summed E-state index contributed by atoms with van der Waals surface area (Å²) in [5.41, 5.74) is 0.178. The van der Waals surface area contributed by atoms with E-state index >= 15 is 0 Å². The smallest absolute Gasteiger partial charge is 0.270 e. The number of amides is 2. The Morgan fingerprint density at radius 1 is 1.26 bits per heavy atom. The molecule has 1 fully saturated rings. The molecule has 214 valence electrons. The van der Waals surface area contributed by atoms with E-state index in [1.165, 1.54) is 23.1 Å². The molecule has 14 heteroatoms. The summed E-state index contributed by atoms with van der Waals surface area (Å²) >= 11 is 4.48. The highest BCUT2D eigenvalue weighted by atomic mass is 32.2. The molecule has 2 aromatic heterocycles. The fraction of sp³-hybridized carbons (Fsp3) is 0.520. The molecular weight excluding hydrogens is 581 g/mol. The van der Waals surface area contributed by atoms with Gasteiger partial charge in [-0.05, 0) is 37.1 Å². The first-order valence-electron chi connectivity index (χ1n) is 12.7. The molecule has 0 aliphatic carbocycles. The number of aromatic nitrogens is 2. The number of hydrogen-bond acceptors (Lipinski definition) is 10. The van der Waals surface area contributed by atoms with Crippen molar-refractivity contribution in [2.45, 2.75) is 60.0 Å².